The van der Waals surface area contributed by atoms with Gasteiger partial charge in [0.15, 0.2) is 0 Å². The zero-order valence-electron chi connectivity index (χ0n) is 9.58. The number of alkyl halides is 1. The lowest BCUT2D eigenvalue weighted by Gasteiger charge is -2.01. The molecule has 2 aromatic rings. The minimum absolute atomic E-state index is 0.0782. The predicted octanol–water partition coefficient (Wildman–Crippen LogP) is 3.37. The van der Waals surface area contributed by atoms with Crippen molar-refractivity contribution < 1.29 is 0 Å². The largest absolute Gasteiger partial charge is 0.251 e. The van der Waals surface area contributed by atoms with Crippen molar-refractivity contribution in [2.45, 2.75) is 23.7 Å². The van der Waals surface area contributed by atoms with Gasteiger partial charge in [-0.2, -0.15) is 0 Å². The summed E-state index contributed by atoms with van der Waals surface area (Å²) < 4.78 is 1.84. The topological polar surface area (TPSA) is 30.7 Å². The first-order valence-corrected chi connectivity index (χ1v) is 6.90. The molecule has 0 radical (unpaired) electrons. The summed E-state index contributed by atoms with van der Waals surface area (Å²) in [5.41, 5.74) is 0.830. The number of thioether (sulfide) groups is 1. The van der Waals surface area contributed by atoms with E-state index in [2.05, 4.69) is 22.4 Å². The highest BCUT2D eigenvalue weighted by atomic mass is 35.5. The molecular formula is C12H14ClN3S. The van der Waals surface area contributed by atoms with Gasteiger partial charge in [0.25, 0.3) is 0 Å². The first-order valence-electron chi connectivity index (χ1n) is 5.47. The average Bonchev–Trinajstić information content (AvgIpc) is 2.79. The predicted molar refractivity (Wildman–Crippen MR) is 71.5 cm³/mol. The smallest absolute Gasteiger partial charge is 0.100 e. The maximum Gasteiger partial charge on any atom is 0.100 e. The standard InChI is InChI=1S/C12H14ClN3S/c1-10(13)12-9-16(15-14-12)7-8-17-11-5-3-2-4-6-11/h2-6,9-10H,7-8H2,1H3. The van der Waals surface area contributed by atoms with Crippen LogP contribution < -0.4 is 0 Å². The Hall–Kier alpha value is -1.00. The minimum Gasteiger partial charge on any atom is -0.251 e. The molecule has 90 valence electrons. The van der Waals surface area contributed by atoms with Crippen LogP contribution in [-0.4, -0.2) is 20.7 Å². The van der Waals surface area contributed by atoms with Gasteiger partial charge in [0.2, 0.25) is 0 Å². The van der Waals surface area contributed by atoms with Gasteiger partial charge in [-0.15, -0.1) is 28.5 Å². The lowest BCUT2D eigenvalue weighted by molar-refractivity contribution is 0.632. The summed E-state index contributed by atoms with van der Waals surface area (Å²) >= 11 is 7.74. The van der Waals surface area contributed by atoms with Crippen LogP contribution in [0.5, 0.6) is 0 Å². The van der Waals surface area contributed by atoms with Crippen molar-refractivity contribution in [3.63, 3.8) is 0 Å². The molecule has 0 aliphatic heterocycles. The van der Waals surface area contributed by atoms with Gasteiger partial charge in [0.1, 0.15) is 5.69 Å². The van der Waals surface area contributed by atoms with Crippen molar-refractivity contribution in [3.05, 3.63) is 42.2 Å². The van der Waals surface area contributed by atoms with Crippen molar-refractivity contribution in [2.24, 2.45) is 0 Å². The number of hydrogen-bond acceptors (Lipinski definition) is 3. The summed E-state index contributed by atoms with van der Waals surface area (Å²) in [5.74, 6) is 0.976. The molecule has 3 nitrogen and oxygen atoms in total. The molecule has 1 atom stereocenters. The van der Waals surface area contributed by atoms with E-state index in [0.29, 0.717) is 0 Å². The Kier molecular flexibility index (Phi) is 4.45. The number of aromatic nitrogens is 3. The van der Waals surface area contributed by atoms with Crippen molar-refractivity contribution in [3.8, 4) is 0 Å². The molecule has 0 saturated heterocycles. The first kappa shape index (κ1) is 12.5. The molecule has 17 heavy (non-hydrogen) atoms. The molecule has 2 rings (SSSR count). The third-order valence-electron chi connectivity index (χ3n) is 2.30. The first-order chi connectivity index (χ1) is 8.25. The molecule has 0 saturated carbocycles. The molecular weight excluding hydrogens is 254 g/mol. The summed E-state index contributed by atoms with van der Waals surface area (Å²) in [6.07, 6.45) is 1.91. The fraction of sp³-hybridized carbons (Fsp3) is 0.333. The molecule has 0 aliphatic rings. The Bertz CT molecular complexity index is 456. The quantitative estimate of drug-likeness (QED) is 0.615. The highest BCUT2D eigenvalue weighted by molar-refractivity contribution is 7.99. The number of rotatable bonds is 5. The van der Waals surface area contributed by atoms with E-state index in [1.807, 2.05) is 47.8 Å². The number of nitrogens with zero attached hydrogens (tertiary/aromatic N) is 3. The fourth-order valence-electron chi connectivity index (χ4n) is 1.38. The highest BCUT2D eigenvalue weighted by Crippen LogP contribution is 2.18. The van der Waals surface area contributed by atoms with E-state index in [-0.39, 0.29) is 5.38 Å². The van der Waals surface area contributed by atoms with Gasteiger partial charge < -0.3 is 0 Å². The highest BCUT2D eigenvalue weighted by Gasteiger charge is 2.06. The second kappa shape index (κ2) is 6.07. The zero-order valence-corrected chi connectivity index (χ0v) is 11.2. The molecule has 0 fully saturated rings. The molecule has 0 amide bonds. The summed E-state index contributed by atoms with van der Waals surface area (Å²) in [6.45, 7) is 2.74. The third-order valence-corrected chi connectivity index (χ3v) is 3.51. The second-order valence-corrected chi connectivity index (χ2v) is 5.51. The van der Waals surface area contributed by atoms with Gasteiger partial charge in [-0.1, -0.05) is 23.4 Å². The van der Waals surface area contributed by atoms with Gasteiger partial charge in [-0.25, -0.2) is 0 Å². The number of halogens is 1. The van der Waals surface area contributed by atoms with Crippen molar-refractivity contribution >= 4 is 23.4 Å². The molecule has 1 aromatic heterocycles. The number of benzene rings is 1. The van der Waals surface area contributed by atoms with E-state index >= 15 is 0 Å². The van der Waals surface area contributed by atoms with Crippen molar-refractivity contribution in [2.75, 3.05) is 5.75 Å². The molecule has 0 spiro atoms. The third kappa shape index (κ3) is 3.75. The maximum absolute atomic E-state index is 5.93. The van der Waals surface area contributed by atoms with E-state index < -0.39 is 0 Å². The van der Waals surface area contributed by atoms with E-state index in [1.54, 1.807) is 0 Å². The van der Waals surface area contributed by atoms with E-state index in [9.17, 15) is 0 Å². The van der Waals surface area contributed by atoms with Gasteiger partial charge in [0, 0.05) is 16.8 Å². The summed E-state index contributed by atoms with van der Waals surface area (Å²) in [6, 6.07) is 10.3. The lowest BCUT2D eigenvalue weighted by atomic mass is 10.4. The number of hydrogen-bond donors (Lipinski definition) is 0. The zero-order chi connectivity index (χ0) is 12.1. The van der Waals surface area contributed by atoms with E-state index in [1.165, 1.54) is 4.90 Å². The van der Waals surface area contributed by atoms with Crippen LogP contribution in [0.2, 0.25) is 0 Å². The lowest BCUT2D eigenvalue weighted by Crippen LogP contribution is -2.00. The van der Waals surface area contributed by atoms with Crippen molar-refractivity contribution in [1.82, 2.24) is 15.0 Å². The van der Waals surface area contributed by atoms with Crippen LogP contribution in [0.3, 0.4) is 0 Å². The normalized spacial score (nSPS) is 12.6. The Labute approximate surface area is 110 Å². The maximum atomic E-state index is 5.93. The summed E-state index contributed by atoms with van der Waals surface area (Å²) in [7, 11) is 0. The minimum atomic E-state index is -0.0782. The van der Waals surface area contributed by atoms with Gasteiger partial charge in [-0.05, 0) is 19.1 Å². The summed E-state index contributed by atoms with van der Waals surface area (Å²) in [4.78, 5) is 1.28. The van der Waals surface area contributed by atoms with E-state index in [0.717, 1.165) is 18.0 Å². The fourth-order valence-corrected chi connectivity index (χ4v) is 2.34. The van der Waals surface area contributed by atoms with Crippen LogP contribution in [0.1, 0.15) is 18.0 Å². The van der Waals surface area contributed by atoms with E-state index in [4.69, 9.17) is 11.6 Å². The Balaban J connectivity index is 1.82. The van der Waals surface area contributed by atoms with Crippen LogP contribution in [-0.2, 0) is 6.54 Å². The molecule has 0 N–H and O–H groups in total. The Morgan fingerprint density at radius 3 is 2.76 bits per heavy atom. The van der Waals surface area contributed by atoms with Gasteiger partial charge in [-0.3, -0.25) is 4.68 Å². The Morgan fingerprint density at radius 1 is 1.35 bits per heavy atom. The van der Waals surface area contributed by atoms with Crippen LogP contribution in [0, 0.1) is 0 Å². The number of aryl methyl sites for hydroxylation is 1. The van der Waals surface area contributed by atoms with Crippen LogP contribution >= 0.6 is 23.4 Å². The summed E-state index contributed by atoms with van der Waals surface area (Å²) in [5, 5.41) is 7.97. The van der Waals surface area contributed by atoms with Crippen LogP contribution in [0.15, 0.2) is 41.4 Å². The molecule has 5 heteroatoms. The van der Waals surface area contributed by atoms with Crippen LogP contribution in [0.4, 0.5) is 0 Å². The molecule has 0 aliphatic carbocycles. The Morgan fingerprint density at radius 2 is 2.12 bits per heavy atom. The van der Waals surface area contributed by atoms with Gasteiger partial charge in [0.05, 0.1) is 11.9 Å². The SMILES string of the molecule is CC(Cl)c1cn(CCSc2ccccc2)nn1. The second-order valence-electron chi connectivity index (χ2n) is 3.68. The molecule has 0 bridgehead atoms. The van der Waals surface area contributed by atoms with Crippen LogP contribution in [0.25, 0.3) is 0 Å². The molecule has 1 unspecified atom stereocenters. The van der Waals surface area contributed by atoms with Gasteiger partial charge >= 0.3 is 0 Å². The molecule has 1 aromatic carbocycles. The van der Waals surface area contributed by atoms with Crippen molar-refractivity contribution in [1.29, 1.82) is 0 Å². The monoisotopic (exact) mass is 267 g/mol. The average molecular weight is 268 g/mol. The molecule has 1 heterocycles.